The van der Waals surface area contributed by atoms with Gasteiger partial charge in [0.1, 0.15) is 19.3 Å². The zero-order valence-corrected chi connectivity index (χ0v) is 49.7. The number of hydrogen-bond donors (Lipinski definition) is 1. The Balaban J connectivity index is 5.29. The van der Waals surface area contributed by atoms with Crippen LogP contribution in [-0.2, 0) is 27.9 Å². The Morgan fingerprint density at radius 3 is 1.26 bits per heavy atom. The number of likely N-dealkylation sites (N-methyl/N-ethyl adjacent to an activating group) is 1. The molecule has 9 nitrogen and oxygen atoms in total. The predicted octanol–water partition coefficient (Wildman–Crippen LogP) is 18.3. The van der Waals surface area contributed by atoms with E-state index in [0.29, 0.717) is 17.4 Å². The standard InChI is InChI=1S/C63H119N2O7P/c1-7-10-13-16-19-22-25-28-30-32-33-34-36-38-41-44-47-50-53-56-63(67)72-61(54-51-48-45-42-39-27-24-21-18-15-12-9-3)60(59-71-73(68,69)70-58-57-65(4,5)6)64-62(66)55-52-49-46-43-40-37-35-31-29-26-23-20-17-14-11-8-2/h28,30-31,35,37,40,51,54,60-61H,7-27,29,32-34,36,38-39,41-50,52-53,55-59H2,1-6H3,(H-,64,66,68,69)/b30-28+,35-31+,40-37+,54-51+. The van der Waals surface area contributed by atoms with E-state index >= 15 is 0 Å². The number of allylic oxidation sites excluding steroid dienone is 7. The van der Waals surface area contributed by atoms with E-state index in [9.17, 15) is 19.0 Å². The van der Waals surface area contributed by atoms with Gasteiger partial charge in [0.25, 0.3) is 7.82 Å². The molecule has 1 N–H and O–H groups in total. The summed E-state index contributed by atoms with van der Waals surface area (Å²) in [7, 11) is 1.17. The molecule has 0 aromatic carbocycles. The molecular formula is C63H119N2O7P. The van der Waals surface area contributed by atoms with Gasteiger partial charge >= 0.3 is 5.97 Å². The number of ether oxygens (including phenoxy) is 1. The van der Waals surface area contributed by atoms with E-state index in [1.54, 1.807) is 0 Å². The molecule has 1 amide bonds. The number of carbonyl (C=O) groups excluding carboxylic acids is 2. The van der Waals surface area contributed by atoms with Crippen LogP contribution in [0.5, 0.6) is 0 Å². The maximum atomic E-state index is 13.5. The highest BCUT2D eigenvalue weighted by Gasteiger charge is 2.27. The smallest absolute Gasteiger partial charge is 0.306 e. The summed E-state index contributed by atoms with van der Waals surface area (Å²) in [6, 6.07) is -0.901. The van der Waals surface area contributed by atoms with Gasteiger partial charge in [-0.05, 0) is 83.1 Å². The molecular weight excluding hydrogens is 928 g/mol. The molecule has 0 aliphatic heterocycles. The Hall–Kier alpha value is -2.03. The first-order chi connectivity index (χ1) is 35.4. The van der Waals surface area contributed by atoms with Gasteiger partial charge in [-0.1, -0.05) is 243 Å². The highest BCUT2D eigenvalue weighted by molar-refractivity contribution is 7.45. The van der Waals surface area contributed by atoms with Crippen LogP contribution in [0.1, 0.15) is 290 Å². The molecule has 0 aromatic heterocycles. The van der Waals surface area contributed by atoms with Gasteiger partial charge in [0.05, 0.1) is 33.8 Å². The Bertz CT molecular complexity index is 1390. The van der Waals surface area contributed by atoms with Gasteiger partial charge in [0.2, 0.25) is 5.91 Å². The number of nitrogens with zero attached hydrogens (tertiary/aromatic N) is 1. The monoisotopic (exact) mass is 1050 g/mol. The minimum Gasteiger partial charge on any atom is -0.756 e. The van der Waals surface area contributed by atoms with E-state index in [2.05, 4.69) is 62.5 Å². The van der Waals surface area contributed by atoms with E-state index in [-0.39, 0.29) is 31.3 Å². The van der Waals surface area contributed by atoms with Crippen LogP contribution in [-0.4, -0.2) is 69.4 Å². The average molecular weight is 1050 g/mol. The summed E-state index contributed by atoms with van der Waals surface area (Å²) in [5.41, 5.74) is 0. The largest absolute Gasteiger partial charge is 0.756 e. The molecule has 428 valence electrons. The summed E-state index contributed by atoms with van der Waals surface area (Å²) in [5, 5.41) is 3.01. The molecule has 0 aliphatic rings. The van der Waals surface area contributed by atoms with Crippen molar-refractivity contribution in [2.75, 3.05) is 40.9 Å². The van der Waals surface area contributed by atoms with E-state index in [0.717, 1.165) is 64.2 Å². The number of hydrogen-bond acceptors (Lipinski definition) is 7. The van der Waals surface area contributed by atoms with Crippen LogP contribution in [0, 0.1) is 0 Å². The van der Waals surface area contributed by atoms with Gasteiger partial charge in [-0.15, -0.1) is 0 Å². The molecule has 0 fully saturated rings. The molecule has 0 aromatic rings. The van der Waals surface area contributed by atoms with Crippen LogP contribution in [0.2, 0.25) is 0 Å². The van der Waals surface area contributed by atoms with Gasteiger partial charge in [-0.25, -0.2) is 0 Å². The maximum Gasteiger partial charge on any atom is 0.306 e. The third kappa shape index (κ3) is 54.6. The van der Waals surface area contributed by atoms with E-state index in [1.807, 2.05) is 33.3 Å². The first-order valence-corrected chi connectivity index (χ1v) is 32.4. The zero-order valence-electron chi connectivity index (χ0n) is 48.8. The number of rotatable bonds is 56. The van der Waals surface area contributed by atoms with Crippen molar-refractivity contribution in [2.45, 2.75) is 303 Å². The van der Waals surface area contributed by atoms with Gasteiger partial charge in [-0.2, -0.15) is 0 Å². The van der Waals surface area contributed by atoms with E-state index in [1.165, 1.54) is 186 Å². The lowest BCUT2D eigenvalue weighted by Gasteiger charge is -2.30. The van der Waals surface area contributed by atoms with E-state index < -0.39 is 26.6 Å². The fourth-order valence-electron chi connectivity index (χ4n) is 8.92. The predicted molar refractivity (Wildman–Crippen MR) is 312 cm³/mol. The second-order valence-electron chi connectivity index (χ2n) is 22.2. The summed E-state index contributed by atoms with van der Waals surface area (Å²) < 4.78 is 30.3. The lowest BCUT2D eigenvalue weighted by atomic mass is 10.0. The molecule has 0 saturated carbocycles. The molecule has 3 unspecified atom stereocenters. The molecule has 3 atom stereocenters. The number of nitrogens with one attached hydrogen (secondary N) is 1. The highest BCUT2D eigenvalue weighted by atomic mass is 31.2. The molecule has 0 radical (unpaired) electrons. The zero-order chi connectivity index (χ0) is 53.6. The van der Waals surface area contributed by atoms with Crippen molar-refractivity contribution in [1.82, 2.24) is 5.32 Å². The Morgan fingerprint density at radius 2 is 0.836 bits per heavy atom. The maximum absolute atomic E-state index is 13.5. The van der Waals surface area contributed by atoms with Crippen LogP contribution >= 0.6 is 7.82 Å². The van der Waals surface area contributed by atoms with E-state index in [4.69, 9.17) is 13.8 Å². The van der Waals surface area contributed by atoms with Crippen LogP contribution in [0.3, 0.4) is 0 Å². The van der Waals surface area contributed by atoms with Crippen molar-refractivity contribution >= 4 is 19.7 Å². The summed E-state index contributed by atoms with van der Waals surface area (Å²) in [6.07, 6.45) is 65.0. The lowest BCUT2D eigenvalue weighted by molar-refractivity contribution is -0.870. The lowest BCUT2D eigenvalue weighted by Crippen LogP contribution is -2.47. The summed E-state index contributed by atoms with van der Waals surface area (Å²) >= 11 is 0. The van der Waals surface area contributed by atoms with Crippen molar-refractivity contribution in [3.8, 4) is 0 Å². The number of unbranched alkanes of at least 4 members (excludes halogenated alkanes) is 35. The van der Waals surface area contributed by atoms with Crippen LogP contribution < -0.4 is 10.2 Å². The van der Waals surface area contributed by atoms with Crippen molar-refractivity contribution < 1.29 is 37.3 Å². The van der Waals surface area contributed by atoms with Gasteiger partial charge in [-0.3, -0.25) is 14.2 Å². The molecule has 73 heavy (non-hydrogen) atoms. The second kappa shape index (κ2) is 53.4. The molecule has 0 rings (SSSR count). The summed E-state index contributed by atoms with van der Waals surface area (Å²) in [4.78, 5) is 39.9. The van der Waals surface area contributed by atoms with Crippen molar-refractivity contribution in [3.63, 3.8) is 0 Å². The van der Waals surface area contributed by atoms with Gasteiger partial charge in [0, 0.05) is 12.8 Å². The minimum atomic E-state index is -4.70. The quantitative estimate of drug-likeness (QED) is 0.0161. The number of carbonyl (C=O) groups is 2. The number of quaternary nitrogens is 1. The number of amides is 1. The van der Waals surface area contributed by atoms with Crippen LogP contribution in [0.15, 0.2) is 48.6 Å². The third-order valence-corrected chi connectivity index (χ3v) is 14.7. The molecule has 0 heterocycles. The number of esters is 1. The number of phosphoric ester groups is 1. The molecule has 0 aliphatic carbocycles. The first kappa shape index (κ1) is 71.0. The summed E-state index contributed by atoms with van der Waals surface area (Å²) in [5.74, 6) is -0.567. The fraction of sp³-hybridized carbons (Fsp3) is 0.841. The van der Waals surface area contributed by atoms with Crippen molar-refractivity contribution in [1.29, 1.82) is 0 Å². The SMILES string of the molecule is CCCCCCCC/C=C/CCCCCCCCCCCC(=O)OC(/C=C/CCCCCCCCCCCC)C(COP(=O)([O-])OCC[N+](C)(C)C)NC(=O)CCCCC/C=C/C=C/CCCCCCCCC. The molecule has 0 saturated heterocycles. The third-order valence-electron chi connectivity index (χ3n) is 13.8. The normalized spacial score (nSPS) is 14.0. The van der Waals surface area contributed by atoms with Crippen LogP contribution in [0.25, 0.3) is 0 Å². The van der Waals surface area contributed by atoms with Crippen molar-refractivity contribution in [2.24, 2.45) is 0 Å². The summed E-state index contributed by atoms with van der Waals surface area (Å²) in [6.45, 7) is 6.83. The molecule has 10 heteroatoms. The molecule has 0 bridgehead atoms. The fourth-order valence-corrected chi connectivity index (χ4v) is 9.64. The Kier molecular flexibility index (Phi) is 51.9. The highest BCUT2D eigenvalue weighted by Crippen LogP contribution is 2.38. The Labute approximate surface area is 452 Å². The van der Waals surface area contributed by atoms with Gasteiger partial charge < -0.3 is 28.5 Å². The second-order valence-corrected chi connectivity index (χ2v) is 23.6. The minimum absolute atomic E-state index is 0.0273. The molecule has 0 spiro atoms. The van der Waals surface area contributed by atoms with Crippen LogP contribution in [0.4, 0.5) is 0 Å². The average Bonchev–Trinajstić information content (AvgIpc) is 3.35. The van der Waals surface area contributed by atoms with Crippen molar-refractivity contribution in [3.05, 3.63) is 48.6 Å². The Morgan fingerprint density at radius 1 is 0.479 bits per heavy atom. The van der Waals surface area contributed by atoms with Gasteiger partial charge in [0.15, 0.2) is 0 Å². The first-order valence-electron chi connectivity index (χ1n) is 31.0. The topological polar surface area (TPSA) is 114 Å². The number of phosphoric acid groups is 1.